The van der Waals surface area contributed by atoms with E-state index in [-0.39, 0.29) is 11.3 Å². The summed E-state index contributed by atoms with van der Waals surface area (Å²) in [5, 5.41) is 0. The Morgan fingerprint density at radius 1 is 1.08 bits per heavy atom. The van der Waals surface area contributed by atoms with Gasteiger partial charge in [0.25, 0.3) is 0 Å². The van der Waals surface area contributed by atoms with Crippen molar-refractivity contribution in [3.05, 3.63) is 29.8 Å². The van der Waals surface area contributed by atoms with Gasteiger partial charge in [0.05, 0.1) is 4.90 Å². The van der Waals surface area contributed by atoms with E-state index in [1.54, 1.807) is 17.0 Å². The first-order chi connectivity index (χ1) is 11.1. The van der Waals surface area contributed by atoms with Gasteiger partial charge in [0.2, 0.25) is 15.9 Å². The van der Waals surface area contributed by atoms with E-state index >= 15 is 0 Å². The number of amides is 1. The zero-order valence-corrected chi connectivity index (χ0v) is 15.9. The first kappa shape index (κ1) is 18.9. The Hall–Kier alpha value is -1.40. The molecule has 2 rings (SSSR count). The molecule has 1 aliphatic heterocycles. The molecular weight excluding hydrogens is 324 g/mol. The highest BCUT2D eigenvalue weighted by Gasteiger charge is 2.30. The fourth-order valence-corrected chi connectivity index (χ4v) is 4.63. The molecule has 0 aromatic heterocycles. The third-order valence-electron chi connectivity index (χ3n) is 4.20. The molecule has 0 unspecified atom stereocenters. The Kier molecular flexibility index (Phi) is 5.71. The smallest absolute Gasteiger partial charge is 0.243 e. The van der Waals surface area contributed by atoms with E-state index in [1.165, 1.54) is 4.31 Å². The summed E-state index contributed by atoms with van der Waals surface area (Å²) in [6.45, 7) is 9.81. The van der Waals surface area contributed by atoms with E-state index in [2.05, 4.69) is 0 Å². The highest BCUT2D eigenvalue weighted by Crippen LogP contribution is 2.23. The van der Waals surface area contributed by atoms with Crippen molar-refractivity contribution in [2.24, 2.45) is 5.41 Å². The second-order valence-electron chi connectivity index (χ2n) is 7.64. The third kappa shape index (κ3) is 4.57. The van der Waals surface area contributed by atoms with Crippen molar-refractivity contribution in [2.75, 3.05) is 26.2 Å². The van der Waals surface area contributed by atoms with Crippen molar-refractivity contribution >= 4 is 15.9 Å². The van der Waals surface area contributed by atoms with Crippen LogP contribution in [0.1, 0.15) is 39.2 Å². The molecule has 0 spiro atoms. The van der Waals surface area contributed by atoms with Crippen molar-refractivity contribution in [1.82, 2.24) is 9.21 Å². The van der Waals surface area contributed by atoms with Gasteiger partial charge in [-0.25, -0.2) is 8.42 Å². The molecule has 0 saturated carbocycles. The first-order valence-corrected chi connectivity index (χ1v) is 9.89. The zero-order chi connectivity index (χ0) is 18.0. The Morgan fingerprint density at radius 3 is 2.38 bits per heavy atom. The van der Waals surface area contributed by atoms with Crippen LogP contribution in [-0.4, -0.2) is 49.7 Å². The Labute approximate surface area is 145 Å². The van der Waals surface area contributed by atoms with Gasteiger partial charge >= 0.3 is 0 Å². The molecule has 0 aliphatic carbocycles. The van der Waals surface area contributed by atoms with Crippen LogP contribution < -0.4 is 0 Å². The maximum Gasteiger partial charge on any atom is 0.243 e. The number of carbonyl (C=O) groups excluding carboxylic acids is 1. The molecule has 1 aromatic rings. The minimum absolute atomic E-state index is 0.0592. The standard InChI is InChI=1S/C18H28N2O3S/c1-15-8-5-6-9-16(15)24(22,23)20-11-7-10-19(12-13-20)17(21)14-18(2,3)4/h5-6,8-9H,7,10-14H2,1-4H3. The molecule has 6 heteroatoms. The van der Waals surface area contributed by atoms with Crippen molar-refractivity contribution in [2.45, 2.75) is 45.4 Å². The molecule has 0 radical (unpaired) electrons. The van der Waals surface area contributed by atoms with Gasteiger partial charge in [-0.1, -0.05) is 39.0 Å². The molecule has 1 amide bonds. The molecule has 1 aromatic carbocycles. The average Bonchev–Trinajstić information content (AvgIpc) is 2.72. The van der Waals surface area contributed by atoms with Gasteiger partial charge in [0.1, 0.15) is 0 Å². The molecular formula is C18H28N2O3S. The number of sulfonamides is 1. The number of hydrogen-bond donors (Lipinski definition) is 0. The minimum Gasteiger partial charge on any atom is -0.341 e. The molecule has 1 heterocycles. The second-order valence-corrected chi connectivity index (χ2v) is 9.55. The largest absolute Gasteiger partial charge is 0.341 e. The summed E-state index contributed by atoms with van der Waals surface area (Å²) in [5.41, 5.74) is 0.693. The summed E-state index contributed by atoms with van der Waals surface area (Å²) in [6, 6.07) is 7.04. The summed E-state index contributed by atoms with van der Waals surface area (Å²) in [5.74, 6) is 0.109. The number of aryl methyl sites for hydroxylation is 1. The topological polar surface area (TPSA) is 57.7 Å². The fourth-order valence-electron chi connectivity index (χ4n) is 2.93. The molecule has 1 aliphatic rings. The lowest BCUT2D eigenvalue weighted by Gasteiger charge is -2.25. The average molecular weight is 353 g/mol. The summed E-state index contributed by atoms with van der Waals surface area (Å²) < 4.78 is 27.3. The van der Waals surface area contributed by atoms with Gasteiger partial charge in [-0.3, -0.25) is 4.79 Å². The molecule has 1 fully saturated rings. The zero-order valence-electron chi connectivity index (χ0n) is 15.1. The predicted molar refractivity (Wildman–Crippen MR) is 95.2 cm³/mol. The number of hydrogen-bond acceptors (Lipinski definition) is 3. The number of carbonyl (C=O) groups is 1. The highest BCUT2D eigenvalue weighted by atomic mass is 32.2. The quantitative estimate of drug-likeness (QED) is 0.840. The van der Waals surface area contributed by atoms with Crippen molar-refractivity contribution < 1.29 is 13.2 Å². The Bertz CT molecular complexity index is 692. The van der Waals surface area contributed by atoms with E-state index in [9.17, 15) is 13.2 Å². The van der Waals surface area contributed by atoms with Crippen LogP contribution in [-0.2, 0) is 14.8 Å². The summed E-state index contributed by atoms with van der Waals surface area (Å²) in [7, 11) is -3.50. The molecule has 0 atom stereocenters. The Morgan fingerprint density at radius 2 is 1.75 bits per heavy atom. The number of rotatable bonds is 3. The monoisotopic (exact) mass is 352 g/mol. The minimum atomic E-state index is -3.50. The van der Waals surface area contributed by atoms with Crippen LogP contribution in [0, 0.1) is 12.3 Å². The van der Waals surface area contributed by atoms with Crippen LogP contribution >= 0.6 is 0 Å². The SMILES string of the molecule is Cc1ccccc1S(=O)(=O)N1CCCN(C(=O)CC(C)(C)C)CC1. The lowest BCUT2D eigenvalue weighted by atomic mass is 9.91. The molecule has 1 saturated heterocycles. The normalized spacial score (nSPS) is 17.6. The Balaban J connectivity index is 2.11. The summed E-state index contributed by atoms with van der Waals surface area (Å²) >= 11 is 0. The summed E-state index contributed by atoms with van der Waals surface area (Å²) in [6.07, 6.45) is 1.15. The van der Waals surface area contributed by atoms with Crippen molar-refractivity contribution in [3.8, 4) is 0 Å². The lowest BCUT2D eigenvalue weighted by Crippen LogP contribution is -2.38. The van der Waals surface area contributed by atoms with Crippen LogP contribution in [0.4, 0.5) is 0 Å². The number of nitrogens with zero attached hydrogens (tertiary/aromatic N) is 2. The van der Waals surface area contributed by atoms with Gasteiger partial charge in [0.15, 0.2) is 0 Å². The fraction of sp³-hybridized carbons (Fsp3) is 0.611. The van der Waals surface area contributed by atoms with Crippen molar-refractivity contribution in [1.29, 1.82) is 0 Å². The lowest BCUT2D eigenvalue weighted by molar-refractivity contribution is -0.132. The third-order valence-corrected chi connectivity index (χ3v) is 6.26. The predicted octanol–water partition coefficient (Wildman–Crippen LogP) is 2.65. The first-order valence-electron chi connectivity index (χ1n) is 8.45. The number of benzene rings is 1. The van der Waals surface area contributed by atoms with Gasteiger partial charge < -0.3 is 4.90 Å². The van der Waals surface area contributed by atoms with E-state index < -0.39 is 10.0 Å². The van der Waals surface area contributed by atoms with Gasteiger partial charge in [-0.05, 0) is 30.4 Å². The van der Waals surface area contributed by atoms with Crippen LogP contribution in [0.5, 0.6) is 0 Å². The van der Waals surface area contributed by atoms with Gasteiger partial charge in [0, 0.05) is 32.6 Å². The maximum absolute atomic E-state index is 12.9. The summed E-state index contributed by atoms with van der Waals surface area (Å²) in [4.78, 5) is 14.6. The highest BCUT2D eigenvalue weighted by molar-refractivity contribution is 7.89. The van der Waals surface area contributed by atoms with Crippen LogP contribution in [0.25, 0.3) is 0 Å². The molecule has 5 nitrogen and oxygen atoms in total. The molecule has 24 heavy (non-hydrogen) atoms. The van der Waals surface area contributed by atoms with Gasteiger partial charge in [-0.2, -0.15) is 4.31 Å². The van der Waals surface area contributed by atoms with E-state index in [1.807, 2.05) is 39.8 Å². The van der Waals surface area contributed by atoms with Crippen molar-refractivity contribution in [3.63, 3.8) is 0 Å². The van der Waals surface area contributed by atoms with Crippen LogP contribution in [0.15, 0.2) is 29.2 Å². The van der Waals surface area contributed by atoms with Gasteiger partial charge in [-0.15, -0.1) is 0 Å². The van der Waals surface area contributed by atoms with E-state index in [0.29, 0.717) is 43.9 Å². The van der Waals surface area contributed by atoms with Crippen LogP contribution in [0.2, 0.25) is 0 Å². The maximum atomic E-state index is 12.9. The van der Waals surface area contributed by atoms with Crippen LogP contribution in [0.3, 0.4) is 0 Å². The second kappa shape index (κ2) is 7.23. The molecule has 134 valence electrons. The van der Waals surface area contributed by atoms with E-state index in [0.717, 1.165) is 5.56 Å². The van der Waals surface area contributed by atoms with E-state index in [4.69, 9.17) is 0 Å². The molecule has 0 bridgehead atoms. The molecule has 0 N–H and O–H groups in total.